The third-order valence-electron chi connectivity index (χ3n) is 3.12. The summed E-state index contributed by atoms with van der Waals surface area (Å²) in [5.41, 5.74) is 7.00. The topological polar surface area (TPSA) is 61.0 Å². The smallest absolute Gasteiger partial charge is 0.163 e. The van der Waals surface area contributed by atoms with Crippen LogP contribution < -0.4 is 10.5 Å². The van der Waals surface area contributed by atoms with Gasteiger partial charge in [0, 0.05) is 10.9 Å². The maximum absolute atomic E-state index is 13.5. The van der Waals surface area contributed by atoms with Crippen LogP contribution in [0.25, 0.3) is 22.3 Å². The second-order valence-electron chi connectivity index (χ2n) is 4.42. The molecule has 3 aromatic rings. The predicted molar refractivity (Wildman–Crippen MR) is 80.9 cm³/mol. The molecular weight excluding hydrogens is 293 g/mol. The van der Waals surface area contributed by atoms with Gasteiger partial charge in [0.1, 0.15) is 17.4 Å². The van der Waals surface area contributed by atoms with Gasteiger partial charge in [-0.2, -0.15) is 0 Å². The molecule has 0 unspecified atom stereocenters. The van der Waals surface area contributed by atoms with Gasteiger partial charge in [0.2, 0.25) is 0 Å². The van der Waals surface area contributed by atoms with Gasteiger partial charge >= 0.3 is 0 Å². The van der Waals surface area contributed by atoms with E-state index in [0.717, 1.165) is 0 Å². The summed E-state index contributed by atoms with van der Waals surface area (Å²) in [5, 5.41) is 0.649. The molecule has 1 aromatic heterocycles. The summed E-state index contributed by atoms with van der Waals surface area (Å²) in [4.78, 5) is 8.59. The molecule has 0 amide bonds. The van der Waals surface area contributed by atoms with Crippen molar-refractivity contribution in [1.29, 1.82) is 0 Å². The average Bonchev–Trinajstić information content (AvgIpc) is 2.49. The summed E-state index contributed by atoms with van der Waals surface area (Å²) in [5.74, 6) is 0.712. The number of nitrogens with zero attached hydrogens (tertiary/aromatic N) is 2. The standard InChI is InChI=1S/C15H11ClFN3O/c1-21-8-5-6-12-10(7-8)14(18)20-15(19-12)9-3-2-4-11(17)13(9)16/h2-7H,1H3,(H2,18,19,20). The molecule has 6 heteroatoms. The molecule has 2 aromatic carbocycles. The lowest BCUT2D eigenvalue weighted by Gasteiger charge is -2.08. The minimum absolute atomic E-state index is 0.0234. The van der Waals surface area contributed by atoms with Crippen molar-refractivity contribution in [2.75, 3.05) is 12.8 Å². The largest absolute Gasteiger partial charge is 0.497 e. The number of ether oxygens (including phenoxy) is 1. The summed E-state index contributed by atoms with van der Waals surface area (Å²) in [6.07, 6.45) is 0. The second-order valence-corrected chi connectivity index (χ2v) is 4.79. The zero-order valence-corrected chi connectivity index (χ0v) is 11.9. The van der Waals surface area contributed by atoms with E-state index in [1.807, 2.05) is 0 Å². The quantitative estimate of drug-likeness (QED) is 0.784. The summed E-state index contributed by atoms with van der Waals surface area (Å²) < 4.78 is 18.7. The highest BCUT2D eigenvalue weighted by Crippen LogP contribution is 2.31. The highest BCUT2D eigenvalue weighted by molar-refractivity contribution is 6.33. The Hall–Kier alpha value is -2.40. The molecule has 0 saturated heterocycles. The van der Waals surface area contributed by atoms with E-state index in [1.54, 1.807) is 37.4 Å². The van der Waals surface area contributed by atoms with Gasteiger partial charge in [0.05, 0.1) is 17.6 Å². The molecule has 0 spiro atoms. The average molecular weight is 304 g/mol. The van der Waals surface area contributed by atoms with E-state index in [0.29, 0.717) is 22.2 Å². The van der Waals surface area contributed by atoms with E-state index >= 15 is 0 Å². The normalized spacial score (nSPS) is 10.8. The van der Waals surface area contributed by atoms with Crippen LogP contribution in [0.5, 0.6) is 5.75 Å². The number of hydrogen-bond donors (Lipinski definition) is 1. The van der Waals surface area contributed by atoms with Gasteiger partial charge in [-0.05, 0) is 30.3 Å². The Kier molecular flexibility index (Phi) is 3.35. The van der Waals surface area contributed by atoms with E-state index in [4.69, 9.17) is 22.1 Å². The fourth-order valence-electron chi connectivity index (χ4n) is 2.06. The van der Waals surface area contributed by atoms with Crippen molar-refractivity contribution in [3.8, 4) is 17.1 Å². The number of methoxy groups -OCH3 is 1. The number of anilines is 1. The molecule has 4 nitrogen and oxygen atoms in total. The fraction of sp³-hybridized carbons (Fsp3) is 0.0667. The Balaban J connectivity index is 2.23. The summed E-state index contributed by atoms with van der Waals surface area (Å²) in [7, 11) is 1.57. The van der Waals surface area contributed by atoms with Crippen LogP contribution in [0.1, 0.15) is 0 Å². The molecule has 3 rings (SSSR count). The van der Waals surface area contributed by atoms with Crippen LogP contribution >= 0.6 is 11.6 Å². The number of rotatable bonds is 2. The molecule has 0 radical (unpaired) electrons. The summed E-state index contributed by atoms with van der Waals surface area (Å²) >= 11 is 5.96. The zero-order chi connectivity index (χ0) is 15.0. The van der Waals surface area contributed by atoms with Crippen LogP contribution in [0.3, 0.4) is 0 Å². The highest BCUT2D eigenvalue weighted by Gasteiger charge is 2.13. The molecular formula is C15H11ClFN3O. The summed E-state index contributed by atoms with van der Waals surface area (Å²) in [6, 6.07) is 9.77. The van der Waals surface area contributed by atoms with Gasteiger partial charge in [0.15, 0.2) is 5.82 Å². The molecule has 106 valence electrons. The van der Waals surface area contributed by atoms with Crippen LogP contribution in [0.15, 0.2) is 36.4 Å². The molecule has 0 fully saturated rings. The van der Waals surface area contributed by atoms with E-state index in [-0.39, 0.29) is 16.7 Å². The molecule has 1 heterocycles. The van der Waals surface area contributed by atoms with Crippen LogP contribution in [-0.4, -0.2) is 17.1 Å². The number of hydrogen-bond acceptors (Lipinski definition) is 4. The van der Waals surface area contributed by atoms with Gasteiger partial charge in [-0.25, -0.2) is 14.4 Å². The third kappa shape index (κ3) is 2.36. The lowest BCUT2D eigenvalue weighted by molar-refractivity contribution is 0.415. The van der Waals surface area contributed by atoms with E-state index < -0.39 is 5.82 Å². The number of nitrogen functional groups attached to an aromatic ring is 1. The molecule has 0 aliphatic heterocycles. The Morgan fingerprint density at radius 3 is 2.76 bits per heavy atom. The zero-order valence-electron chi connectivity index (χ0n) is 11.1. The number of benzene rings is 2. The van der Waals surface area contributed by atoms with Crippen LogP contribution in [0, 0.1) is 5.82 Å². The molecule has 2 N–H and O–H groups in total. The lowest BCUT2D eigenvalue weighted by atomic mass is 10.1. The molecule has 0 saturated carbocycles. The van der Waals surface area contributed by atoms with Gasteiger partial charge in [-0.1, -0.05) is 17.7 Å². The monoisotopic (exact) mass is 303 g/mol. The van der Waals surface area contributed by atoms with Crippen LogP contribution in [0.2, 0.25) is 5.02 Å². The number of nitrogens with two attached hydrogens (primary N) is 1. The van der Waals surface area contributed by atoms with Gasteiger partial charge in [-0.3, -0.25) is 0 Å². The van der Waals surface area contributed by atoms with Crippen LogP contribution in [0.4, 0.5) is 10.2 Å². The van der Waals surface area contributed by atoms with Crippen molar-refractivity contribution in [3.05, 3.63) is 47.2 Å². The number of fused-ring (bicyclic) bond motifs is 1. The van der Waals surface area contributed by atoms with E-state index in [2.05, 4.69) is 9.97 Å². The molecule has 0 atom stereocenters. The first-order chi connectivity index (χ1) is 10.1. The maximum atomic E-state index is 13.5. The number of halogens is 2. The molecule has 0 aliphatic rings. The fourth-order valence-corrected chi connectivity index (χ4v) is 2.27. The SMILES string of the molecule is COc1ccc2nc(-c3cccc(F)c3Cl)nc(N)c2c1. The first kappa shape index (κ1) is 13.6. The minimum Gasteiger partial charge on any atom is -0.497 e. The third-order valence-corrected chi connectivity index (χ3v) is 3.51. The Bertz CT molecular complexity index is 839. The summed E-state index contributed by atoms with van der Waals surface area (Å²) in [6.45, 7) is 0. The Morgan fingerprint density at radius 1 is 1.19 bits per heavy atom. The Morgan fingerprint density at radius 2 is 2.00 bits per heavy atom. The second kappa shape index (κ2) is 5.18. The molecule has 0 bridgehead atoms. The maximum Gasteiger partial charge on any atom is 0.163 e. The van der Waals surface area contributed by atoms with E-state index in [1.165, 1.54) is 6.07 Å². The van der Waals surface area contributed by atoms with Gasteiger partial charge in [-0.15, -0.1) is 0 Å². The van der Waals surface area contributed by atoms with Crippen molar-refractivity contribution in [1.82, 2.24) is 9.97 Å². The van der Waals surface area contributed by atoms with Crippen molar-refractivity contribution >= 4 is 28.3 Å². The van der Waals surface area contributed by atoms with Gasteiger partial charge in [0.25, 0.3) is 0 Å². The lowest BCUT2D eigenvalue weighted by Crippen LogP contribution is -1.99. The molecule has 0 aliphatic carbocycles. The van der Waals surface area contributed by atoms with Gasteiger partial charge < -0.3 is 10.5 Å². The number of aromatic nitrogens is 2. The first-order valence-corrected chi connectivity index (χ1v) is 6.53. The van der Waals surface area contributed by atoms with Crippen molar-refractivity contribution in [3.63, 3.8) is 0 Å². The van der Waals surface area contributed by atoms with E-state index in [9.17, 15) is 4.39 Å². The predicted octanol–water partition coefficient (Wildman–Crippen LogP) is 3.68. The molecule has 21 heavy (non-hydrogen) atoms. The minimum atomic E-state index is -0.522. The van der Waals surface area contributed by atoms with Crippen molar-refractivity contribution < 1.29 is 9.13 Å². The Labute approximate surface area is 125 Å². The highest BCUT2D eigenvalue weighted by atomic mass is 35.5. The van der Waals surface area contributed by atoms with Crippen molar-refractivity contribution in [2.45, 2.75) is 0 Å². The van der Waals surface area contributed by atoms with Crippen LogP contribution in [-0.2, 0) is 0 Å². The van der Waals surface area contributed by atoms with Crippen molar-refractivity contribution in [2.24, 2.45) is 0 Å². The first-order valence-electron chi connectivity index (χ1n) is 6.16.